The van der Waals surface area contributed by atoms with E-state index in [1.807, 2.05) is 19.0 Å². The van der Waals surface area contributed by atoms with Gasteiger partial charge in [-0.05, 0) is 14.1 Å². The minimum absolute atomic E-state index is 0.639. The fourth-order valence-corrected chi connectivity index (χ4v) is 1.07. The van der Waals surface area contributed by atoms with Gasteiger partial charge in [0.05, 0.1) is 6.61 Å². The Hall–Kier alpha value is 0.270. The second-order valence-electron chi connectivity index (χ2n) is 2.23. The van der Waals surface area contributed by atoms with Gasteiger partial charge in [-0.3, -0.25) is 0 Å². The van der Waals surface area contributed by atoms with Crippen LogP contribution in [0.2, 0.25) is 0 Å². The van der Waals surface area contributed by atoms with Crippen molar-refractivity contribution in [2.45, 2.75) is 0 Å². The summed E-state index contributed by atoms with van der Waals surface area (Å²) in [6, 6.07) is 0. The molecule has 0 N–H and O–H groups in total. The van der Waals surface area contributed by atoms with E-state index in [1.165, 1.54) is 0 Å². The smallest absolute Gasteiger partial charge is 0.316 e. The molecule has 0 aromatic carbocycles. The van der Waals surface area contributed by atoms with Crippen LogP contribution < -0.4 is 0 Å². The van der Waals surface area contributed by atoms with Gasteiger partial charge in [-0.25, -0.2) is 0 Å². The molecule has 11 heavy (non-hydrogen) atoms. The maximum absolute atomic E-state index is 5.23. The van der Waals surface area contributed by atoms with Crippen molar-refractivity contribution in [3.63, 3.8) is 0 Å². The molecule has 0 fully saturated rings. The molecule has 0 amide bonds. The molecule has 0 rings (SSSR count). The van der Waals surface area contributed by atoms with E-state index in [2.05, 4.69) is 0 Å². The average Bonchev–Trinajstić information content (AvgIpc) is 1.98. The minimum Gasteiger partial charge on any atom is -0.316 e. The number of likely N-dealkylation sites (N-methyl/N-ethyl adjacent to an activating group) is 1. The zero-order valence-electron chi connectivity index (χ0n) is 7.53. The Balaban J connectivity index is 3.21. The van der Waals surface area contributed by atoms with Gasteiger partial charge >= 0.3 is 8.60 Å². The first-order valence-corrected chi connectivity index (χ1v) is 4.46. The fraction of sp³-hybridized carbons (Fsp3) is 1.00. The lowest BCUT2D eigenvalue weighted by Crippen LogP contribution is -2.17. The molecule has 0 aromatic rings. The molecule has 5 heteroatoms. The Morgan fingerprint density at radius 3 is 2.09 bits per heavy atom. The van der Waals surface area contributed by atoms with Crippen molar-refractivity contribution in [1.82, 2.24) is 4.90 Å². The van der Waals surface area contributed by atoms with Crippen LogP contribution in [0.1, 0.15) is 0 Å². The molecule has 0 saturated heterocycles. The summed E-state index contributed by atoms with van der Waals surface area (Å²) in [6.07, 6.45) is 0. The second kappa shape index (κ2) is 6.95. The molecular formula is C6H16NO3P. The Kier molecular flexibility index (Phi) is 7.12. The lowest BCUT2D eigenvalue weighted by molar-refractivity contribution is 0.189. The molecule has 0 spiro atoms. The monoisotopic (exact) mass is 181 g/mol. The highest BCUT2D eigenvalue weighted by atomic mass is 31.2. The molecule has 0 saturated carbocycles. The number of nitrogens with zero attached hydrogens (tertiary/aromatic N) is 1. The molecule has 0 heterocycles. The zero-order chi connectivity index (χ0) is 8.69. The largest absolute Gasteiger partial charge is 0.332 e. The minimum atomic E-state index is -1.11. The summed E-state index contributed by atoms with van der Waals surface area (Å²) in [7, 11) is 6.02. The summed E-state index contributed by atoms with van der Waals surface area (Å²) < 4.78 is 15.0. The molecule has 68 valence electrons. The van der Waals surface area contributed by atoms with E-state index in [0.717, 1.165) is 6.54 Å². The van der Waals surface area contributed by atoms with E-state index in [4.69, 9.17) is 13.6 Å². The number of hydrogen-bond donors (Lipinski definition) is 0. The van der Waals surface area contributed by atoms with Gasteiger partial charge in [0.1, 0.15) is 0 Å². The van der Waals surface area contributed by atoms with Crippen molar-refractivity contribution < 1.29 is 13.6 Å². The molecule has 0 bridgehead atoms. The maximum Gasteiger partial charge on any atom is 0.332 e. The van der Waals surface area contributed by atoms with Crippen molar-refractivity contribution in [3.8, 4) is 0 Å². The van der Waals surface area contributed by atoms with E-state index in [-0.39, 0.29) is 0 Å². The third kappa shape index (κ3) is 6.66. The first kappa shape index (κ1) is 11.3. The molecule has 0 atom stereocenters. The molecule has 0 aliphatic rings. The van der Waals surface area contributed by atoms with Crippen LogP contribution in [0.5, 0.6) is 0 Å². The van der Waals surface area contributed by atoms with Crippen LogP contribution >= 0.6 is 8.60 Å². The van der Waals surface area contributed by atoms with Gasteiger partial charge in [0, 0.05) is 20.8 Å². The lowest BCUT2D eigenvalue weighted by Gasteiger charge is -2.13. The Labute approximate surface area is 69.4 Å². The first-order valence-electron chi connectivity index (χ1n) is 3.36. The topological polar surface area (TPSA) is 30.9 Å². The summed E-state index contributed by atoms with van der Waals surface area (Å²) in [4.78, 5) is 2.04. The third-order valence-corrected chi connectivity index (χ3v) is 2.02. The van der Waals surface area contributed by atoms with Crippen LogP contribution in [0.3, 0.4) is 0 Å². The fourth-order valence-electron chi connectivity index (χ4n) is 0.478. The van der Waals surface area contributed by atoms with Gasteiger partial charge in [0.2, 0.25) is 0 Å². The predicted octanol–water partition coefficient (Wildman–Crippen LogP) is 1.08. The van der Waals surface area contributed by atoms with Crippen molar-refractivity contribution in [2.75, 3.05) is 41.5 Å². The normalized spacial score (nSPS) is 11.5. The van der Waals surface area contributed by atoms with E-state index >= 15 is 0 Å². The van der Waals surface area contributed by atoms with Crippen LogP contribution in [0, 0.1) is 0 Å². The number of rotatable bonds is 6. The number of hydrogen-bond acceptors (Lipinski definition) is 4. The van der Waals surface area contributed by atoms with Gasteiger partial charge in [-0.15, -0.1) is 0 Å². The van der Waals surface area contributed by atoms with Crippen LogP contribution in [0.25, 0.3) is 0 Å². The zero-order valence-corrected chi connectivity index (χ0v) is 8.43. The van der Waals surface area contributed by atoms with Crippen molar-refractivity contribution >= 4 is 8.60 Å². The highest BCUT2D eigenvalue weighted by molar-refractivity contribution is 7.41. The van der Waals surface area contributed by atoms with Crippen molar-refractivity contribution in [2.24, 2.45) is 0 Å². The SMILES string of the molecule is COP(OC)OCCN(C)C. The molecular weight excluding hydrogens is 165 g/mol. The molecule has 0 unspecified atom stereocenters. The van der Waals surface area contributed by atoms with Gasteiger partial charge < -0.3 is 18.5 Å². The molecule has 0 radical (unpaired) electrons. The van der Waals surface area contributed by atoms with Gasteiger partial charge in [-0.2, -0.15) is 0 Å². The standard InChI is InChI=1S/C6H16NO3P/c1-7(2)5-6-10-11(8-3)9-4/h5-6H2,1-4H3. The van der Waals surface area contributed by atoms with E-state index < -0.39 is 8.60 Å². The highest BCUT2D eigenvalue weighted by Gasteiger charge is 2.06. The van der Waals surface area contributed by atoms with E-state index in [0.29, 0.717) is 6.61 Å². The summed E-state index contributed by atoms with van der Waals surface area (Å²) >= 11 is 0. The van der Waals surface area contributed by atoms with E-state index in [9.17, 15) is 0 Å². The Morgan fingerprint density at radius 1 is 1.18 bits per heavy atom. The maximum atomic E-state index is 5.23. The third-order valence-electron chi connectivity index (χ3n) is 1.03. The van der Waals surface area contributed by atoms with Crippen molar-refractivity contribution in [1.29, 1.82) is 0 Å². The Bertz CT molecular complexity index is 87.9. The molecule has 0 aromatic heterocycles. The van der Waals surface area contributed by atoms with Crippen LogP contribution in [-0.2, 0) is 13.6 Å². The van der Waals surface area contributed by atoms with Gasteiger partial charge in [-0.1, -0.05) is 0 Å². The average molecular weight is 181 g/mol. The van der Waals surface area contributed by atoms with Crippen LogP contribution in [0.15, 0.2) is 0 Å². The molecule has 4 nitrogen and oxygen atoms in total. The predicted molar refractivity (Wildman–Crippen MR) is 45.4 cm³/mol. The quantitative estimate of drug-likeness (QED) is 0.574. The lowest BCUT2D eigenvalue weighted by atomic mass is 10.6. The Morgan fingerprint density at radius 2 is 1.73 bits per heavy atom. The first-order chi connectivity index (χ1) is 5.20. The molecule has 0 aliphatic carbocycles. The summed E-state index contributed by atoms with van der Waals surface area (Å²) in [5.74, 6) is 0. The van der Waals surface area contributed by atoms with Crippen molar-refractivity contribution in [3.05, 3.63) is 0 Å². The van der Waals surface area contributed by atoms with Gasteiger partial charge in [0.15, 0.2) is 0 Å². The van der Waals surface area contributed by atoms with E-state index in [1.54, 1.807) is 14.2 Å². The summed E-state index contributed by atoms with van der Waals surface area (Å²) in [5.41, 5.74) is 0. The van der Waals surface area contributed by atoms with Crippen LogP contribution in [0.4, 0.5) is 0 Å². The van der Waals surface area contributed by atoms with Crippen LogP contribution in [-0.4, -0.2) is 46.4 Å². The highest BCUT2D eigenvalue weighted by Crippen LogP contribution is 2.36. The summed E-state index contributed by atoms with van der Waals surface area (Å²) in [5, 5.41) is 0. The second-order valence-corrected chi connectivity index (χ2v) is 3.66. The molecule has 0 aliphatic heterocycles. The van der Waals surface area contributed by atoms with Gasteiger partial charge in [0.25, 0.3) is 0 Å². The summed E-state index contributed by atoms with van der Waals surface area (Å²) in [6.45, 7) is 1.52.